The van der Waals surface area contributed by atoms with E-state index in [4.69, 9.17) is 4.52 Å². The van der Waals surface area contributed by atoms with Gasteiger partial charge in [0.25, 0.3) is 0 Å². The number of hydrogen-bond donors (Lipinski definition) is 2. The first-order chi connectivity index (χ1) is 15.2. The maximum Gasteiger partial charge on any atom is 0.245 e. The third-order valence-electron chi connectivity index (χ3n) is 4.92. The Labute approximate surface area is 186 Å². The summed E-state index contributed by atoms with van der Waals surface area (Å²) in [6.45, 7) is 3.64. The van der Waals surface area contributed by atoms with E-state index in [0.717, 1.165) is 12.8 Å². The number of rotatable bonds is 9. The van der Waals surface area contributed by atoms with E-state index in [1.165, 1.54) is 24.3 Å². The smallest absolute Gasteiger partial charge is 0.245 e. The van der Waals surface area contributed by atoms with Gasteiger partial charge in [0.15, 0.2) is 0 Å². The van der Waals surface area contributed by atoms with Gasteiger partial charge < -0.3 is 4.52 Å². The lowest BCUT2D eigenvalue weighted by molar-refractivity contribution is 0.311. The zero-order chi connectivity index (χ0) is 22.9. The number of nitrogens with one attached hydrogen (secondary N) is 2. The zero-order valence-electron chi connectivity index (χ0n) is 17.5. The molecule has 1 atom stereocenters. The highest BCUT2D eigenvalue weighted by molar-refractivity contribution is 7.90. The van der Waals surface area contributed by atoms with Crippen molar-refractivity contribution in [3.63, 3.8) is 0 Å². The van der Waals surface area contributed by atoms with Gasteiger partial charge in [-0.2, -0.15) is 9.71 Å². The van der Waals surface area contributed by atoms with Crippen molar-refractivity contribution in [2.45, 2.75) is 48.6 Å². The van der Waals surface area contributed by atoms with Crippen LogP contribution < -0.4 is 9.44 Å². The summed E-state index contributed by atoms with van der Waals surface area (Å²) in [5.41, 5.74) is 0.643. The molecule has 32 heavy (non-hydrogen) atoms. The van der Waals surface area contributed by atoms with Gasteiger partial charge in [0, 0.05) is 24.0 Å². The number of hydrogen-bond acceptors (Lipinski definition) is 8. The van der Waals surface area contributed by atoms with E-state index >= 15 is 0 Å². The minimum atomic E-state index is -3.99. The summed E-state index contributed by atoms with van der Waals surface area (Å²) in [5, 5.41) is 3.93. The Bertz CT molecular complexity index is 1290. The summed E-state index contributed by atoms with van der Waals surface area (Å²) in [6.07, 6.45) is 4.82. The molecule has 1 aromatic carbocycles. The van der Waals surface area contributed by atoms with Gasteiger partial charge in [0.05, 0.1) is 9.79 Å². The number of sulfonamides is 2. The molecule has 4 rings (SSSR count). The van der Waals surface area contributed by atoms with E-state index in [0.29, 0.717) is 11.4 Å². The Kier molecular flexibility index (Phi) is 6.12. The highest BCUT2D eigenvalue weighted by Gasteiger charge is 2.30. The molecule has 0 bridgehead atoms. The maximum atomic E-state index is 13.0. The number of aromatic nitrogens is 3. The van der Waals surface area contributed by atoms with Crippen LogP contribution in [-0.4, -0.2) is 38.0 Å². The van der Waals surface area contributed by atoms with Crippen LogP contribution >= 0.6 is 0 Å². The summed E-state index contributed by atoms with van der Waals surface area (Å²) in [7, 11) is -7.65. The van der Waals surface area contributed by atoms with Crippen molar-refractivity contribution >= 4 is 20.0 Å². The fraction of sp³-hybridized carbons (Fsp3) is 0.350. The summed E-state index contributed by atoms with van der Waals surface area (Å²) in [4.78, 5) is 8.29. The predicted octanol–water partition coefficient (Wildman–Crippen LogP) is 2.25. The second-order valence-electron chi connectivity index (χ2n) is 7.91. The first kappa shape index (κ1) is 22.5. The van der Waals surface area contributed by atoms with Gasteiger partial charge in [-0.1, -0.05) is 19.0 Å². The van der Waals surface area contributed by atoms with Crippen molar-refractivity contribution in [2.75, 3.05) is 0 Å². The van der Waals surface area contributed by atoms with Crippen molar-refractivity contribution in [3.8, 4) is 11.4 Å². The van der Waals surface area contributed by atoms with Gasteiger partial charge in [0.1, 0.15) is 6.04 Å². The molecular formula is C20H23N5O5S2. The molecule has 1 saturated carbocycles. The van der Waals surface area contributed by atoms with Crippen molar-refractivity contribution in [1.82, 2.24) is 24.6 Å². The van der Waals surface area contributed by atoms with Crippen LogP contribution in [0.15, 0.2) is 63.1 Å². The highest BCUT2D eigenvalue weighted by atomic mass is 32.2. The van der Waals surface area contributed by atoms with Crippen molar-refractivity contribution in [2.24, 2.45) is 5.92 Å². The topological polar surface area (TPSA) is 144 Å². The third-order valence-corrected chi connectivity index (χ3v) is 7.91. The lowest BCUT2D eigenvalue weighted by atomic mass is 10.1. The maximum absolute atomic E-state index is 13.0. The molecule has 10 nitrogen and oxygen atoms in total. The molecule has 170 valence electrons. The van der Waals surface area contributed by atoms with Crippen LogP contribution in [0.2, 0.25) is 0 Å². The fourth-order valence-corrected chi connectivity index (χ4v) is 5.61. The molecule has 2 aromatic heterocycles. The van der Waals surface area contributed by atoms with E-state index in [2.05, 4.69) is 24.6 Å². The highest BCUT2D eigenvalue weighted by Crippen LogP contribution is 2.26. The van der Waals surface area contributed by atoms with Crippen molar-refractivity contribution in [1.29, 1.82) is 0 Å². The lowest BCUT2D eigenvalue weighted by Gasteiger charge is -2.18. The van der Waals surface area contributed by atoms with E-state index in [1.807, 2.05) is 13.8 Å². The Balaban J connectivity index is 1.54. The Morgan fingerprint density at radius 1 is 1.00 bits per heavy atom. The molecule has 3 aromatic rings. The van der Waals surface area contributed by atoms with Gasteiger partial charge >= 0.3 is 0 Å². The van der Waals surface area contributed by atoms with Crippen LogP contribution in [0.3, 0.4) is 0 Å². The van der Waals surface area contributed by atoms with Gasteiger partial charge in [0.2, 0.25) is 31.8 Å². The monoisotopic (exact) mass is 477 g/mol. The largest absolute Gasteiger partial charge is 0.337 e. The zero-order valence-corrected chi connectivity index (χ0v) is 19.1. The molecule has 1 aliphatic carbocycles. The van der Waals surface area contributed by atoms with Crippen LogP contribution in [0, 0.1) is 5.92 Å². The van der Waals surface area contributed by atoms with Gasteiger partial charge in [-0.15, -0.1) is 0 Å². The Morgan fingerprint density at radius 3 is 2.22 bits per heavy atom. The summed E-state index contributed by atoms with van der Waals surface area (Å²) in [5.74, 6) is 0.222. The van der Waals surface area contributed by atoms with Crippen LogP contribution in [0.4, 0.5) is 0 Å². The third kappa shape index (κ3) is 5.04. The second kappa shape index (κ2) is 8.70. The van der Waals surface area contributed by atoms with E-state index < -0.39 is 26.1 Å². The molecule has 2 heterocycles. The number of pyridine rings is 1. The average Bonchev–Trinajstić information content (AvgIpc) is 3.43. The van der Waals surface area contributed by atoms with Crippen molar-refractivity contribution < 1.29 is 21.4 Å². The van der Waals surface area contributed by atoms with E-state index in [-0.39, 0.29) is 27.6 Å². The molecule has 1 unspecified atom stereocenters. The number of nitrogens with zero attached hydrogens (tertiary/aromatic N) is 3. The summed E-state index contributed by atoms with van der Waals surface area (Å²) in [6, 6.07) is 7.75. The van der Waals surface area contributed by atoms with Crippen LogP contribution in [0.1, 0.15) is 38.6 Å². The van der Waals surface area contributed by atoms with Gasteiger partial charge in [-0.3, -0.25) is 4.98 Å². The molecule has 0 spiro atoms. The van der Waals surface area contributed by atoms with Crippen LogP contribution in [0.25, 0.3) is 11.4 Å². The molecule has 0 aliphatic heterocycles. The SMILES string of the molecule is CC(C)C(NS(=O)(=O)c1ccc(S(=O)(=O)NC2CC2)cc1)c1nc(-c2cccnc2)no1. The molecule has 0 amide bonds. The summed E-state index contributed by atoms with van der Waals surface area (Å²) >= 11 is 0. The molecule has 1 fully saturated rings. The molecule has 12 heteroatoms. The predicted molar refractivity (Wildman–Crippen MR) is 115 cm³/mol. The van der Waals surface area contributed by atoms with Crippen LogP contribution in [0.5, 0.6) is 0 Å². The standard InChI is InChI=1S/C20H23N5O5S2/c1-13(2)18(20-22-19(23-30-20)14-4-3-11-21-12-14)25-32(28,29)17-9-7-16(8-10-17)31(26,27)24-15-5-6-15/h3-4,7-13,15,18,24-25H,5-6H2,1-2H3. The lowest BCUT2D eigenvalue weighted by Crippen LogP contribution is -2.32. The normalized spacial score (nSPS) is 15.7. The first-order valence-corrected chi connectivity index (χ1v) is 13.0. The average molecular weight is 478 g/mol. The Morgan fingerprint density at radius 2 is 1.66 bits per heavy atom. The molecule has 0 radical (unpaired) electrons. The van der Waals surface area contributed by atoms with Gasteiger partial charge in [-0.25, -0.2) is 21.6 Å². The summed E-state index contributed by atoms with van der Waals surface area (Å²) < 4.78 is 61.0. The molecule has 2 N–H and O–H groups in total. The molecule has 0 saturated heterocycles. The minimum absolute atomic E-state index is 0.0155. The van der Waals surface area contributed by atoms with E-state index in [9.17, 15) is 16.8 Å². The quantitative estimate of drug-likeness (QED) is 0.477. The number of benzene rings is 1. The van der Waals surface area contributed by atoms with E-state index in [1.54, 1.807) is 24.5 Å². The van der Waals surface area contributed by atoms with Gasteiger partial charge in [-0.05, 0) is 55.2 Å². The van der Waals surface area contributed by atoms with Crippen molar-refractivity contribution in [3.05, 3.63) is 54.7 Å². The first-order valence-electron chi connectivity index (χ1n) is 10.0. The van der Waals surface area contributed by atoms with Crippen LogP contribution in [-0.2, 0) is 20.0 Å². The molecule has 1 aliphatic rings. The fourth-order valence-electron chi connectivity index (χ4n) is 2.97. The molecular weight excluding hydrogens is 454 g/mol. The minimum Gasteiger partial charge on any atom is -0.337 e. The Hall–Kier alpha value is -2.67. The second-order valence-corrected chi connectivity index (χ2v) is 11.3.